The first kappa shape index (κ1) is 14.8. The van der Waals surface area contributed by atoms with Crippen LogP contribution in [0.25, 0.3) is 0 Å². The number of fused-ring (bicyclic) bond motifs is 1. The maximum Gasteiger partial charge on any atom is 0.214 e. The molecule has 2 aliphatic heterocycles. The molecule has 0 amide bonds. The Balaban J connectivity index is 1.59. The van der Waals surface area contributed by atoms with Crippen LogP contribution in [0.4, 0.5) is 0 Å². The molecule has 3 rings (SSSR count). The van der Waals surface area contributed by atoms with Crippen LogP contribution < -0.4 is 5.32 Å². The van der Waals surface area contributed by atoms with Gasteiger partial charge in [0.15, 0.2) is 0 Å². The highest BCUT2D eigenvalue weighted by atomic mass is 32.2. The highest BCUT2D eigenvalue weighted by molar-refractivity contribution is 7.89. The fraction of sp³-hybridized carbons (Fsp3) is 1.00. The molecule has 0 aromatic heterocycles. The average Bonchev–Trinajstić information content (AvgIpc) is 2.94. The molecule has 20 heavy (non-hydrogen) atoms. The van der Waals surface area contributed by atoms with Gasteiger partial charge in [0.05, 0.1) is 24.5 Å². The summed E-state index contributed by atoms with van der Waals surface area (Å²) in [6.07, 6.45) is 6.28. The third kappa shape index (κ3) is 3.18. The van der Waals surface area contributed by atoms with Gasteiger partial charge in [0.25, 0.3) is 0 Å². The molecule has 2 saturated heterocycles. The van der Waals surface area contributed by atoms with Crippen LogP contribution >= 0.6 is 0 Å². The smallest absolute Gasteiger partial charge is 0.214 e. The van der Waals surface area contributed by atoms with Crippen molar-refractivity contribution in [2.75, 3.05) is 32.0 Å². The fourth-order valence-corrected chi connectivity index (χ4v) is 5.71. The maximum atomic E-state index is 12.6. The number of piperidine rings is 1. The van der Waals surface area contributed by atoms with Crippen molar-refractivity contribution in [1.82, 2.24) is 9.62 Å². The molecule has 0 bridgehead atoms. The molecule has 0 radical (unpaired) electrons. The van der Waals surface area contributed by atoms with E-state index in [0.717, 1.165) is 51.6 Å². The van der Waals surface area contributed by atoms with E-state index in [1.165, 1.54) is 0 Å². The number of sulfonamides is 1. The molecule has 0 aromatic rings. The maximum absolute atomic E-state index is 12.6. The topological polar surface area (TPSA) is 58.6 Å². The first-order chi connectivity index (χ1) is 9.67. The number of ether oxygens (including phenoxy) is 1. The van der Waals surface area contributed by atoms with E-state index in [4.69, 9.17) is 4.74 Å². The van der Waals surface area contributed by atoms with Crippen molar-refractivity contribution >= 4 is 10.0 Å². The molecule has 2 heterocycles. The van der Waals surface area contributed by atoms with Crippen molar-refractivity contribution in [3.8, 4) is 0 Å². The zero-order chi connectivity index (χ0) is 14.0. The molecule has 6 heteroatoms. The van der Waals surface area contributed by atoms with E-state index in [1.54, 1.807) is 4.31 Å². The van der Waals surface area contributed by atoms with Crippen molar-refractivity contribution in [2.24, 2.45) is 5.92 Å². The molecule has 5 nitrogen and oxygen atoms in total. The Morgan fingerprint density at radius 3 is 2.75 bits per heavy atom. The molecule has 116 valence electrons. The van der Waals surface area contributed by atoms with Crippen LogP contribution in [0.15, 0.2) is 0 Å². The number of rotatable bonds is 4. The molecule has 3 aliphatic rings. The molecular formula is C14H26N2O3S. The Morgan fingerprint density at radius 2 is 1.95 bits per heavy atom. The van der Waals surface area contributed by atoms with Gasteiger partial charge in [-0.05, 0) is 57.5 Å². The largest absolute Gasteiger partial charge is 0.375 e. The van der Waals surface area contributed by atoms with Gasteiger partial charge in [-0.2, -0.15) is 4.31 Å². The number of nitrogens with one attached hydrogen (secondary N) is 1. The summed E-state index contributed by atoms with van der Waals surface area (Å²) in [7, 11) is -3.10. The fourth-order valence-electron chi connectivity index (χ4n) is 3.84. The van der Waals surface area contributed by atoms with Gasteiger partial charge in [-0.3, -0.25) is 0 Å². The van der Waals surface area contributed by atoms with E-state index in [9.17, 15) is 8.42 Å². The monoisotopic (exact) mass is 302 g/mol. The van der Waals surface area contributed by atoms with Gasteiger partial charge in [0.1, 0.15) is 0 Å². The standard InChI is InChI=1S/C14H26N2O3S/c17-20(18,11-6-12-4-7-15-8-5-12)16-9-10-19-14-3-1-2-13(14)16/h12-15H,1-11H2. The van der Waals surface area contributed by atoms with Gasteiger partial charge in [-0.15, -0.1) is 0 Å². The zero-order valence-electron chi connectivity index (χ0n) is 12.1. The summed E-state index contributed by atoms with van der Waals surface area (Å²) in [5, 5.41) is 3.33. The van der Waals surface area contributed by atoms with Crippen LogP contribution in [0, 0.1) is 5.92 Å². The Bertz CT molecular complexity index is 420. The Labute approximate surface area is 122 Å². The molecule has 2 unspecified atom stereocenters. The second-order valence-electron chi connectivity index (χ2n) is 6.32. The summed E-state index contributed by atoms with van der Waals surface area (Å²) < 4.78 is 32.7. The van der Waals surface area contributed by atoms with Crippen LogP contribution in [-0.2, 0) is 14.8 Å². The van der Waals surface area contributed by atoms with Crippen LogP contribution in [0.3, 0.4) is 0 Å². The zero-order valence-corrected chi connectivity index (χ0v) is 12.9. The lowest BCUT2D eigenvalue weighted by atomic mass is 9.96. The quantitative estimate of drug-likeness (QED) is 0.840. The Morgan fingerprint density at radius 1 is 1.15 bits per heavy atom. The molecule has 2 atom stereocenters. The first-order valence-electron chi connectivity index (χ1n) is 7.99. The van der Waals surface area contributed by atoms with Crippen molar-refractivity contribution in [3.63, 3.8) is 0 Å². The van der Waals surface area contributed by atoms with Crippen LogP contribution in [0.1, 0.15) is 38.5 Å². The summed E-state index contributed by atoms with van der Waals surface area (Å²) >= 11 is 0. The van der Waals surface area contributed by atoms with Gasteiger partial charge in [-0.25, -0.2) is 8.42 Å². The predicted octanol–water partition coefficient (Wildman–Crippen LogP) is 0.959. The number of nitrogens with zero attached hydrogens (tertiary/aromatic N) is 1. The van der Waals surface area contributed by atoms with E-state index < -0.39 is 10.0 Å². The van der Waals surface area contributed by atoms with Gasteiger partial charge in [0, 0.05) is 6.54 Å². The lowest BCUT2D eigenvalue weighted by Gasteiger charge is -2.37. The molecule has 1 aliphatic carbocycles. The first-order valence-corrected chi connectivity index (χ1v) is 9.59. The SMILES string of the molecule is O=S(=O)(CCC1CCNCC1)N1CCOC2CCCC21. The minimum absolute atomic E-state index is 0.113. The molecule has 1 saturated carbocycles. The number of hydrogen-bond acceptors (Lipinski definition) is 4. The normalized spacial score (nSPS) is 33.2. The molecular weight excluding hydrogens is 276 g/mol. The summed E-state index contributed by atoms with van der Waals surface area (Å²) in [5.74, 6) is 0.896. The average molecular weight is 302 g/mol. The van der Waals surface area contributed by atoms with E-state index in [1.807, 2.05) is 0 Å². The lowest BCUT2D eigenvalue weighted by molar-refractivity contribution is -0.0242. The van der Waals surface area contributed by atoms with Crippen molar-refractivity contribution in [2.45, 2.75) is 50.7 Å². The van der Waals surface area contributed by atoms with Crippen LogP contribution in [0.5, 0.6) is 0 Å². The highest BCUT2D eigenvalue weighted by Crippen LogP contribution is 2.32. The second-order valence-corrected chi connectivity index (χ2v) is 8.36. The summed E-state index contributed by atoms with van der Waals surface area (Å²) in [4.78, 5) is 0. The van der Waals surface area contributed by atoms with E-state index >= 15 is 0 Å². The summed E-state index contributed by atoms with van der Waals surface area (Å²) in [6, 6.07) is 0.113. The van der Waals surface area contributed by atoms with Crippen molar-refractivity contribution in [1.29, 1.82) is 0 Å². The molecule has 0 spiro atoms. The third-order valence-electron chi connectivity index (χ3n) is 5.03. The minimum atomic E-state index is -3.10. The van der Waals surface area contributed by atoms with Gasteiger partial charge < -0.3 is 10.1 Å². The van der Waals surface area contributed by atoms with E-state index in [0.29, 0.717) is 24.8 Å². The van der Waals surface area contributed by atoms with E-state index in [2.05, 4.69) is 5.32 Å². The lowest BCUT2D eigenvalue weighted by Crippen LogP contribution is -2.51. The van der Waals surface area contributed by atoms with Crippen molar-refractivity contribution < 1.29 is 13.2 Å². The Kier molecular flexibility index (Phi) is 4.65. The molecule has 1 N–H and O–H groups in total. The second kappa shape index (κ2) is 6.30. The summed E-state index contributed by atoms with van der Waals surface area (Å²) in [6.45, 7) is 3.18. The van der Waals surface area contributed by atoms with Gasteiger partial charge in [0.2, 0.25) is 10.0 Å². The highest BCUT2D eigenvalue weighted by Gasteiger charge is 2.41. The van der Waals surface area contributed by atoms with Crippen molar-refractivity contribution in [3.05, 3.63) is 0 Å². The predicted molar refractivity (Wildman–Crippen MR) is 78.1 cm³/mol. The number of hydrogen-bond donors (Lipinski definition) is 1. The van der Waals surface area contributed by atoms with E-state index in [-0.39, 0.29) is 12.1 Å². The number of morpholine rings is 1. The minimum Gasteiger partial charge on any atom is -0.375 e. The van der Waals surface area contributed by atoms with Crippen LogP contribution in [-0.4, -0.2) is 56.9 Å². The Hall–Kier alpha value is -0.170. The summed E-state index contributed by atoms with van der Waals surface area (Å²) in [5.41, 5.74) is 0. The van der Waals surface area contributed by atoms with Crippen LogP contribution in [0.2, 0.25) is 0 Å². The van der Waals surface area contributed by atoms with Gasteiger partial charge in [-0.1, -0.05) is 0 Å². The molecule has 3 fully saturated rings. The third-order valence-corrected chi connectivity index (χ3v) is 6.95. The van der Waals surface area contributed by atoms with Gasteiger partial charge >= 0.3 is 0 Å². The molecule has 0 aromatic carbocycles.